The zero-order valence-electron chi connectivity index (χ0n) is 9.75. The van der Waals surface area contributed by atoms with Crippen molar-refractivity contribution in [2.24, 2.45) is 0 Å². The van der Waals surface area contributed by atoms with Crippen molar-refractivity contribution >= 4 is 27.3 Å². The van der Waals surface area contributed by atoms with E-state index in [1.807, 2.05) is 0 Å². The minimum atomic E-state index is -3.61. The van der Waals surface area contributed by atoms with E-state index in [4.69, 9.17) is 17.3 Å². The summed E-state index contributed by atoms with van der Waals surface area (Å²) in [6, 6.07) is 2.91. The molecule has 6 heteroatoms. The lowest BCUT2D eigenvalue weighted by Gasteiger charge is -2.11. The Morgan fingerprint density at radius 1 is 1.53 bits per heavy atom. The highest BCUT2D eigenvalue weighted by molar-refractivity contribution is 7.89. The van der Waals surface area contributed by atoms with Gasteiger partial charge in [-0.05, 0) is 31.5 Å². The molecule has 1 aromatic carbocycles. The maximum Gasteiger partial charge on any atom is 0.241 e. The first-order chi connectivity index (χ1) is 7.74. The van der Waals surface area contributed by atoms with Gasteiger partial charge >= 0.3 is 0 Å². The molecule has 0 aromatic heterocycles. The molecular weight excluding hydrogens is 260 g/mol. The summed E-state index contributed by atoms with van der Waals surface area (Å²) in [5.74, 6) is 0. The largest absolute Gasteiger partial charge is 0.398 e. The van der Waals surface area contributed by atoms with Crippen molar-refractivity contribution in [1.29, 1.82) is 0 Å². The maximum atomic E-state index is 12.0. The molecule has 0 heterocycles. The van der Waals surface area contributed by atoms with Crippen LogP contribution in [-0.2, 0) is 10.0 Å². The molecule has 17 heavy (non-hydrogen) atoms. The van der Waals surface area contributed by atoms with Crippen LogP contribution in [-0.4, -0.2) is 15.0 Å². The number of anilines is 1. The van der Waals surface area contributed by atoms with Crippen LogP contribution in [0.3, 0.4) is 0 Å². The molecule has 0 atom stereocenters. The van der Waals surface area contributed by atoms with Crippen molar-refractivity contribution < 1.29 is 8.42 Å². The lowest BCUT2D eigenvalue weighted by molar-refractivity contribution is 0.584. The molecule has 0 fully saturated rings. The van der Waals surface area contributed by atoms with Crippen LogP contribution >= 0.6 is 11.6 Å². The predicted molar refractivity (Wildman–Crippen MR) is 70.6 cm³/mol. The third kappa shape index (κ3) is 3.46. The number of halogens is 1. The first-order valence-electron chi connectivity index (χ1n) is 4.93. The van der Waals surface area contributed by atoms with E-state index in [2.05, 4.69) is 11.3 Å². The second kappa shape index (κ2) is 5.08. The Hall–Kier alpha value is -1.04. The van der Waals surface area contributed by atoms with E-state index in [0.717, 1.165) is 5.57 Å². The van der Waals surface area contributed by atoms with Crippen molar-refractivity contribution in [3.05, 3.63) is 34.9 Å². The van der Waals surface area contributed by atoms with E-state index < -0.39 is 10.0 Å². The number of nitrogen functional groups attached to an aromatic ring is 1. The standard InChI is InChI=1S/C11H15ClN2O2S/c1-7(2)6-14-17(15,16)11-5-9(12)4-10(13)8(11)3/h4-5,14H,1,6,13H2,2-3H3. The molecule has 0 radical (unpaired) electrons. The van der Waals surface area contributed by atoms with Gasteiger partial charge in [0.2, 0.25) is 10.0 Å². The maximum absolute atomic E-state index is 12.0. The average molecular weight is 275 g/mol. The van der Waals surface area contributed by atoms with Crippen molar-refractivity contribution in [3.63, 3.8) is 0 Å². The molecular formula is C11H15ClN2O2S. The zero-order chi connectivity index (χ0) is 13.2. The molecule has 0 bridgehead atoms. The number of rotatable bonds is 4. The quantitative estimate of drug-likeness (QED) is 0.652. The molecule has 0 aliphatic carbocycles. The van der Waals surface area contributed by atoms with E-state index in [0.29, 0.717) is 16.3 Å². The Labute approximate surface area is 107 Å². The molecule has 3 N–H and O–H groups in total. The van der Waals surface area contributed by atoms with Gasteiger partial charge in [-0.3, -0.25) is 0 Å². The van der Waals surface area contributed by atoms with Gasteiger partial charge < -0.3 is 5.73 Å². The first kappa shape index (κ1) is 14.0. The lowest BCUT2D eigenvalue weighted by Crippen LogP contribution is -2.26. The minimum Gasteiger partial charge on any atom is -0.398 e. The van der Waals surface area contributed by atoms with Crippen LogP contribution in [0, 0.1) is 6.92 Å². The molecule has 0 saturated carbocycles. The Kier molecular flexibility index (Phi) is 4.19. The van der Waals surface area contributed by atoms with Crippen LogP contribution in [0.4, 0.5) is 5.69 Å². The van der Waals surface area contributed by atoms with Crippen molar-refractivity contribution in [3.8, 4) is 0 Å². The SMILES string of the molecule is C=C(C)CNS(=O)(=O)c1cc(Cl)cc(N)c1C. The fraction of sp³-hybridized carbons (Fsp3) is 0.273. The summed E-state index contributed by atoms with van der Waals surface area (Å²) in [6.07, 6.45) is 0. The summed E-state index contributed by atoms with van der Waals surface area (Å²) >= 11 is 5.80. The van der Waals surface area contributed by atoms with E-state index >= 15 is 0 Å². The number of benzene rings is 1. The van der Waals surface area contributed by atoms with Crippen molar-refractivity contribution in [2.75, 3.05) is 12.3 Å². The summed E-state index contributed by atoms with van der Waals surface area (Å²) < 4.78 is 26.4. The lowest BCUT2D eigenvalue weighted by atomic mass is 10.2. The monoisotopic (exact) mass is 274 g/mol. The molecule has 1 aromatic rings. The highest BCUT2D eigenvalue weighted by Gasteiger charge is 2.18. The third-order valence-electron chi connectivity index (χ3n) is 2.22. The summed E-state index contributed by atoms with van der Waals surface area (Å²) in [5.41, 5.74) is 7.25. The predicted octanol–water partition coefficient (Wildman–Crippen LogP) is 2.09. The number of nitrogens with two attached hydrogens (primary N) is 1. The number of nitrogens with one attached hydrogen (secondary N) is 1. The van der Waals surface area contributed by atoms with E-state index in [9.17, 15) is 8.42 Å². The Morgan fingerprint density at radius 3 is 2.65 bits per heavy atom. The molecule has 0 unspecified atom stereocenters. The topological polar surface area (TPSA) is 72.2 Å². The molecule has 4 nitrogen and oxygen atoms in total. The van der Waals surface area contributed by atoms with Crippen LogP contribution in [0.5, 0.6) is 0 Å². The highest BCUT2D eigenvalue weighted by Crippen LogP contribution is 2.25. The van der Waals surface area contributed by atoms with Gasteiger partial charge in [0.15, 0.2) is 0 Å². The average Bonchev–Trinajstić information content (AvgIpc) is 2.20. The first-order valence-corrected chi connectivity index (χ1v) is 6.80. The fourth-order valence-corrected chi connectivity index (χ4v) is 2.94. The Balaban J connectivity index is 3.19. The van der Waals surface area contributed by atoms with Gasteiger partial charge in [-0.25, -0.2) is 13.1 Å². The molecule has 0 spiro atoms. The van der Waals surface area contributed by atoms with Gasteiger partial charge in [-0.15, -0.1) is 0 Å². The molecule has 94 valence electrons. The van der Waals surface area contributed by atoms with Gasteiger partial charge in [-0.1, -0.05) is 23.8 Å². The molecule has 0 aliphatic heterocycles. The highest BCUT2D eigenvalue weighted by atomic mass is 35.5. The Morgan fingerprint density at radius 2 is 2.12 bits per heavy atom. The van der Waals surface area contributed by atoms with Crippen molar-refractivity contribution in [1.82, 2.24) is 4.72 Å². The third-order valence-corrected chi connectivity index (χ3v) is 3.96. The van der Waals surface area contributed by atoms with Gasteiger partial charge in [0.25, 0.3) is 0 Å². The van der Waals surface area contributed by atoms with E-state index in [1.165, 1.54) is 12.1 Å². The van der Waals surface area contributed by atoms with Gasteiger partial charge in [-0.2, -0.15) is 0 Å². The molecule has 0 amide bonds. The number of hydrogen-bond acceptors (Lipinski definition) is 3. The second-order valence-corrected chi connectivity index (χ2v) is 6.07. The van der Waals surface area contributed by atoms with Crippen molar-refractivity contribution in [2.45, 2.75) is 18.7 Å². The normalized spacial score (nSPS) is 11.5. The van der Waals surface area contributed by atoms with Crippen LogP contribution < -0.4 is 10.5 Å². The molecule has 0 saturated heterocycles. The Bertz CT molecular complexity index is 553. The summed E-state index contributed by atoms with van der Waals surface area (Å²) in [6.45, 7) is 7.20. The van der Waals surface area contributed by atoms with E-state index in [-0.39, 0.29) is 11.4 Å². The summed E-state index contributed by atoms with van der Waals surface area (Å²) in [4.78, 5) is 0.101. The molecule has 0 aliphatic rings. The van der Waals surface area contributed by atoms with Gasteiger partial charge in [0.05, 0.1) is 4.90 Å². The second-order valence-electron chi connectivity index (χ2n) is 3.90. The smallest absolute Gasteiger partial charge is 0.241 e. The minimum absolute atomic E-state index is 0.101. The van der Waals surface area contributed by atoms with Crippen LogP contribution in [0.15, 0.2) is 29.2 Å². The molecule has 1 rings (SSSR count). The van der Waals surface area contributed by atoms with Crippen LogP contribution in [0.1, 0.15) is 12.5 Å². The van der Waals surface area contributed by atoms with E-state index in [1.54, 1.807) is 13.8 Å². The summed E-state index contributed by atoms with van der Waals surface area (Å²) in [7, 11) is -3.61. The number of hydrogen-bond donors (Lipinski definition) is 2. The van der Waals surface area contributed by atoms with Crippen LogP contribution in [0.2, 0.25) is 5.02 Å². The zero-order valence-corrected chi connectivity index (χ0v) is 11.3. The van der Waals surface area contributed by atoms with Gasteiger partial charge in [0, 0.05) is 17.3 Å². The number of sulfonamides is 1. The van der Waals surface area contributed by atoms with Crippen LogP contribution in [0.25, 0.3) is 0 Å². The fourth-order valence-electron chi connectivity index (χ4n) is 1.25. The van der Waals surface area contributed by atoms with Gasteiger partial charge in [0.1, 0.15) is 0 Å². The summed E-state index contributed by atoms with van der Waals surface area (Å²) in [5, 5.41) is 0.295.